The molecular formula is C14H27N. The quantitative estimate of drug-likeness (QED) is 0.519. The van der Waals surface area contributed by atoms with Crippen LogP contribution in [0.3, 0.4) is 0 Å². The topological polar surface area (TPSA) is 12.0 Å². The predicted molar refractivity (Wildman–Crippen MR) is 68.0 cm³/mol. The average molecular weight is 209 g/mol. The molecule has 1 N–H and O–H groups in total. The van der Waals surface area contributed by atoms with E-state index in [2.05, 4.69) is 25.7 Å². The highest BCUT2D eigenvalue weighted by Gasteiger charge is 2.19. The van der Waals surface area contributed by atoms with Crippen LogP contribution in [0.25, 0.3) is 0 Å². The summed E-state index contributed by atoms with van der Waals surface area (Å²) in [6.45, 7) is 10.7. The van der Waals surface area contributed by atoms with E-state index in [9.17, 15) is 0 Å². The van der Waals surface area contributed by atoms with Crippen molar-refractivity contribution in [1.82, 2.24) is 5.32 Å². The van der Waals surface area contributed by atoms with E-state index >= 15 is 0 Å². The lowest BCUT2D eigenvalue weighted by molar-refractivity contribution is 0.263. The molecule has 0 unspecified atom stereocenters. The Morgan fingerprint density at radius 2 is 1.80 bits per heavy atom. The zero-order valence-corrected chi connectivity index (χ0v) is 10.5. The molecule has 1 saturated carbocycles. The summed E-state index contributed by atoms with van der Waals surface area (Å²) in [5.74, 6) is 1.97. The van der Waals surface area contributed by atoms with E-state index in [1.165, 1.54) is 44.2 Å². The summed E-state index contributed by atoms with van der Waals surface area (Å²) in [7, 11) is 0. The van der Waals surface area contributed by atoms with Crippen LogP contribution >= 0.6 is 0 Å². The zero-order chi connectivity index (χ0) is 11.1. The molecule has 1 aliphatic rings. The normalized spacial score (nSPS) is 26.5. The molecule has 0 aromatic carbocycles. The summed E-state index contributed by atoms with van der Waals surface area (Å²) in [4.78, 5) is 0. The first-order valence-corrected chi connectivity index (χ1v) is 6.57. The van der Waals surface area contributed by atoms with E-state index in [1.54, 1.807) is 0 Å². The third-order valence-electron chi connectivity index (χ3n) is 3.71. The predicted octanol–water partition coefficient (Wildman–Crippen LogP) is 3.76. The van der Waals surface area contributed by atoms with Crippen molar-refractivity contribution in [3.63, 3.8) is 0 Å². The second-order valence-electron chi connectivity index (χ2n) is 5.21. The Morgan fingerprint density at radius 1 is 1.20 bits per heavy atom. The van der Waals surface area contributed by atoms with E-state index in [-0.39, 0.29) is 0 Å². The third-order valence-corrected chi connectivity index (χ3v) is 3.71. The van der Waals surface area contributed by atoms with Crippen molar-refractivity contribution >= 4 is 0 Å². The van der Waals surface area contributed by atoms with E-state index in [0.29, 0.717) is 0 Å². The minimum atomic E-state index is 0.943. The SMILES string of the molecule is C=C(C)CCNCC1CCC(CC)CC1. The van der Waals surface area contributed by atoms with Gasteiger partial charge in [-0.3, -0.25) is 0 Å². The van der Waals surface area contributed by atoms with Gasteiger partial charge in [-0.15, -0.1) is 6.58 Å². The molecule has 0 saturated heterocycles. The van der Waals surface area contributed by atoms with Crippen molar-refractivity contribution in [3.8, 4) is 0 Å². The maximum Gasteiger partial charge on any atom is -0.00117 e. The van der Waals surface area contributed by atoms with E-state index in [4.69, 9.17) is 0 Å². The number of rotatable bonds is 6. The number of nitrogens with one attached hydrogen (secondary N) is 1. The Morgan fingerprint density at radius 3 is 2.33 bits per heavy atom. The first-order chi connectivity index (χ1) is 7.22. The molecule has 0 aliphatic heterocycles. The van der Waals surface area contributed by atoms with Crippen LogP contribution in [0.5, 0.6) is 0 Å². The molecule has 0 amide bonds. The maximum atomic E-state index is 3.92. The Kier molecular flexibility index (Phi) is 6.00. The minimum absolute atomic E-state index is 0.943. The van der Waals surface area contributed by atoms with Gasteiger partial charge in [-0.1, -0.05) is 31.8 Å². The highest BCUT2D eigenvalue weighted by atomic mass is 14.9. The molecule has 0 radical (unpaired) electrons. The van der Waals surface area contributed by atoms with Crippen LogP contribution in [0.15, 0.2) is 12.2 Å². The van der Waals surface area contributed by atoms with E-state index in [0.717, 1.165) is 24.8 Å². The van der Waals surface area contributed by atoms with Crippen LogP contribution in [-0.2, 0) is 0 Å². The molecule has 88 valence electrons. The second-order valence-corrected chi connectivity index (χ2v) is 5.21. The molecule has 0 aromatic heterocycles. The van der Waals surface area contributed by atoms with Crippen molar-refractivity contribution in [1.29, 1.82) is 0 Å². The molecule has 0 spiro atoms. The molecule has 0 heterocycles. The van der Waals surface area contributed by atoms with Gasteiger partial charge in [-0.05, 0) is 51.1 Å². The molecule has 1 rings (SSSR count). The fraction of sp³-hybridized carbons (Fsp3) is 0.857. The lowest BCUT2D eigenvalue weighted by Crippen LogP contribution is -2.27. The fourth-order valence-corrected chi connectivity index (χ4v) is 2.45. The van der Waals surface area contributed by atoms with Crippen molar-refractivity contribution in [2.45, 2.75) is 52.4 Å². The first kappa shape index (κ1) is 12.8. The molecule has 0 atom stereocenters. The van der Waals surface area contributed by atoms with E-state index < -0.39 is 0 Å². The van der Waals surface area contributed by atoms with Crippen LogP contribution in [0.2, 0.25) is 0 Å². The molecule has 1 heteroatoms. The van der Waals surface area contributed by atoms with E-state index in [1.807, 2.05) is 0 Å². The summed E-state index contributed by atoms with van der Waals surface area (Å²) < 4.78 is 0. The van der Waals surface area contributed by atoms with Crippen LogP contribution in [-0.4, -0.2) is 13.1 Å². The Labute approximate surface area is 95.3 Å². The lowest BCUT2D eigenvalue weighted by atomic mass is 9.81. The van der Waals surface area contributed by atoms with Gasteiger partial charge in [-0.2, -0.15) is 0 Å². The monoisotopic (exact) mass is 209 g/mol. The third kappa shape index (κ3) is 5.36. The zero-order valence-electron chi connectivity index (χ0n) is 10.5. The summed E-state index contributed by atoms with van der Waals surface area (Å²) in [5.41, 5.74) is 1.29. The molecule has 1 aliphatic carbocycles. The van der Waals surface area contributed by atoms with Gasteiger partial charge in [0.1, 0.15) is 0 Å². The van der Waals surface area contributed by atoms with Gasteiger partial charge in [0, 0.05) is 0 Å². The van der Waals surface area contributed by atoms with Gasteiger partial charge in [0.15, 0.2) is 0 Å². The van der Waals surface area contributed by atoms with Crippen molar-refractivity contribution in [3.05, 3.63) is 12.2 Å². The Hall–Kier alpha value is -0.300. The first-order valence-electron chi connectivity index (χ1n) is 6.57. The van der Waals surface area contributed by atoms with Crippen molar-refractivity contribution < 1.29 is 0 Å². The second kappa shape index (κ2) is 7.05. The Bertz CT molecular complexity index is 178. The maximum absolute atomic E-state index is 3.92. The van der Waals surface area contributed by atoms with Crippen molar-refractivity contribution in [2.24, 2.45) is 11.8 Å². The molecule has 1 nitrogen and oxygen atoms in total. The van der Waals surface area contributed by atoms with Gasteiger partial charge in [0.05, 0.1) is 0 Å². The summed E-state index contributed by atoms with van der Waals surface area (Å²) in [6.07, 6.45) is 8.32. The summed E-state index contributed by atoms with van der Waals surface area (Å²) >= 11 is 0. The fourth-order valence-electron chi connectivity index (χ4n) is 2.45. The van der Waals surface area contributed by atoms with Crippen molar-refractivity contribution in [2.75, 3.05) is 13.1 Å². The number of hydrogen-bond acceptors (Lipinski definition) is 1. The largest absolute Gasteiger partial charge is 0.316 e. The van der Waals surface area contributed by atoms with Crippen LogP contribution < -0.4 is 5.32 Å². The smallest absolute Gasteiger partial charge is 0.00117 e. The van der Waals surface area contributed by atoms with Gasteiger partial charge < -0.3 is 5.32 Å². The van der Waals surface area contributed by atoms with Gasteiger partial charge >= 0.3 is 0 Å². The van der Waals surface area contributed by atoms with Crippen LogP contribution in [0.1, 0.15) is 52.4 Å². The number of hydrogen-bond donors (Lipinski definition) is 1. The summed E-state index contributed by atoms with van der Waals surface area (Å²) in [5, 5.41) is 3.56. The van der Waals surface area contributed by atoms with Crippen LogP contribution in [0, 0.1) is 11.8 Å². The highest BCUT2D eigenvalue weighted by Crippen LogP contribution is 2.29. The molecule has 0 bridgehead atoms. The highest BCUT2D eigenvalue weighted by molar-refractivity contribution is 4.88. The Balaban J connectivity index is 2.01. The molecular weight excluding hydrogens is 182 g/mol. The summed E-state index contributed by atoms with van der Waals surface area (Å²) in [6, 6.07) is 0. The lowest BCUT2D eigenvalue weighted by Gasteiger charge is -2.27. The minimum Gasteiger partial charge on any atom is -0.316 e. The van der Waals surface area contributed by atoms with Gasteiger partial charge in [-0.25, -0.2) is 0 Å². The average Bonchev–Trinajstić information content (AvgIpc) is 2.25. The van der Waals surface area contributed by atoms with Crippen LogP contribution in [0.4, 0.5) is 0 Å². The van der Waals surface area contributed by atoms with Gasteiger partial charge in [0.2, 0.25) is 0 Å². The molecule has 15 heavy (non-hydrogen) atoms. The van der Waals surface area contributed by atoms with Gasteiger partial charge in [0.25, 0.3) is 0 Å². The standard InChI is InChI=1S/C14H27N/c1-4-13-5-7-14(8-6-13)11-15-10-9-12(2)3/h13-15H,2,4-11H2,1,3H3. The molecule has 0 aromatic rings. The molecule has 1 fully saturated rings.